The summed E-state index contributed by atoms with van der Waals surface area (Å²) in [6.07, 6.45) is -1.56. The van der Waals surface area contributed by atoms with E-state index in [9.17, 15) is 23.5 Å². The third-order valence-corrected chi connectivity index (χ3v) is 4.49. The summed E-state index contributed by atoms with van der Waals surface area (Å²) in [6.45, 7) is 2.89. The Labute approximate surface area is 147 Å². The fourth-order valence-corrected chi connectivity index (χ4v) is 2.84. The van der Waals surface area contributed by atoms with E-state index < -0.39 is 47.2 Å². The third kappa shape index (κ3) is 4.61. The van der Waals surface area contributed by atoms with Crippen molar-refractivity contribution in [2.45, 2.75) is 32.0 Å². The van der Waals surface area contributed by atoms with Crippen LogP contribution in [0.5, 0.6) is 0 Å². The van der Waals surface area contributed by atoms with E-state index in [1.54, 1.807) is 17.5 Å². The van der Waals surface area contributed by atoms with Gasteiger partial charge in [-0.2, -0.15) is 0 Å². The molecule has 8 heteroatoms. The van der Waals surface area contributed by atoms with Crippen LogP contribution in [0.2, 0.25) is 0 Å². The molecule has 0 spiro atoms. The molecule has 1 aromatic heterocycles. The number of carbonyl (C=O) groups is 2. The van der Waals surface area contributed by atoms with Gasteiger partial charge in [0.05, 0.1) is 16.5 Å². The molecule has 5 nitrogen and oxygen atoms in total. The van der Waals surface area contributed by atoms with Gasteiger partial charge in [-0.05, 0) is 37.4 Å². The lowest BCUT2D eigenvalue weighted by molar-refractivity contribution is -0.124. The SMILES string of the molecule is C[C@H](NC(=O)c1cccs1)C(=O)N[C@H](C)[C@H](O)c1c(F)cccc1F. The molecule has 0 bridgehead atoms. The highest BCUT2D eigenvalue weighted by molar-refractivity contribution is 7.12. The molecular weight excluding hydrogens is 350 g/mol. The molecule has 0 aliphatic heterocycles. The average Bonchev–Trinajstić information content (AvgIpc) is 3.08. The lowest BCUT2D eigenvalue weighted by Gasteiger charge is -2.23. The van der Waals surface area contributed by atoms with Gasteiger partial charge in [0.15, 0.2) is 0 Å². The summed E-state index contributed by atoms with van der Waals surface area (Å²) in [6, 6.07) is 4.74. The molecule has 2 amide bonds. The fourth-order valence-electron chi connectivity index (χ4n) is 2.21. The first-order valence-corrected chi connectivity index (χ1v) is 8.46. The Hall–Kier alpha value is -2.32. The summed E-state index contributed by atoms with van der Waals surface area (Å²) >= 11 is 1.24. The van der Waals surface area contributed by atoms with Crippen molar-refractivity contribution in [3.8, 4) is 0 Å². The second-order valence-electron chi connectivity index (χ2n) is 5.55. The monoisotopic (exact) mass is 368 g/mol. The van der Waals surface area contributed by atoms with E-state index >= 15 is 0 Å². The molecule has 0 radical (unpaired) electrons. The van der Waals surface area contributed by atoms with Gasteiger partial charge in [-0.15, -0.1) is 11.3 Å². The Morgan fingerprint density at radius 3 is 2.28 bits per heavy atom. The van der Waals surface area contributed by atoms with Crippen LogP contribution in [0.15, 0.2) is 35.7 Å². The molecule has 1 aromatic carbocycles. The molecular formula is C17H18F2N2O3S. The van der Waals surface area contributed by atoms with E-state index in [0.717, 1.165) is 12.1 Å². The van der Waals surface area contributed by atoms with Crippen LogP contribution in [0, 0.1) is 11.6 Å². The van der Waals surface area contributed by atoms with Crippen LogP contribution in [0.1, 0.15) is 35.2 Å². The number of halogens is 2. The van der Waals surface area contributed by atoms with Crippen LogP contribution in [0.25, 0.3) is 0 Å². The van der Waals surface area contributed by atoms with E-state index in [0.29, 0.717) is 4.88 Å². The predicted octanol–water partition coefficient (Wildman–Crippen LogP) is 2.38. The fraction of sp³-hybridized carbons (Fsp3) is 0.294. The van der Waals surface area contributed by atoms with E-state index in [4.69, 9.17) is 0 Å². The van der Waals surface area contributed by atoms with Gasteiger partial charge in [0.2, 0.25) is 5.91 Å². The number of thiophene rings is 1. The van der Waals surface area contributed by atoms with E-state index in [-0.39, 0.29) is 0 Å². The van der Waals surface area contributed by atoms with Gasteiger partial charge in [0.25, 0.3) is 5.91 Å². The van der Waals surface area contributed by atoms with Crippen molar-refractivity contribution in [3.05, 3.63) is 57.8 Å². The molecule has 25 heavy (non-hydrogen) atoms. The molecule has 0 aliphatic rings. The van der Waals surface area contributed by atoms with Crippen LogP contribution in [-0.2, 0) is 4.79 Å². The van der Waals surface area contributed by atoms with E-state index in [2.05, 4.69) is 10.6 Å². The van der Waals surface area contributed by atoms with Gasteiger partial charge in [0, 0.05) is 0 Å². The van der Waals surface area contributed by atoms with Gasteiger partial charge in [0.1, 0.15) is 23.8 Å². The molecule has 0 fully saturated rings. The maximum Gasteiger partial charge on any atom is 0.261 e. The number of benzene rings is 1. The Morgan fingerprint density at radius 2 is 1.72 bits per heavy atom. The van der Waals surface area contributed by atoms with Crippen molar-refractivity contribution >= 4 is 23.2 Å². The van der Waals surface area contributed by atoms with Crippen molar-refractivity contribution in [1.82, 2.24) is 10.6 Å². The number of aliphatic hydroxyl groups excluding tert-OH is 1. The first-order valence-electron chi connectivity index (χ1n) is 7.58. The molecule has 0 aliphatic carbocycles. The molecule has 0 saturated heterocycles. The smallest absolute Gasteiger partial charge is 0.261 e. The summed E-state index contributed by atoms with van der Waals surface area (Å²) in [7, 11) is 0. The molecule has 1 heterocycles. The van der Waals surface area contributed by atoms with Crippen molar-refractivity contribution in [1.29, 1.82) is 0 Å². The number of hydrogen-bond acceptors (Lipinski definition) is 4. The maximum atomic E-state index is 13.7. The van der Waals surface area contributed by atoms with E-state index in [1.165, 1.54) is 31.3 Å². The summed E-state index contributed by atoms with van der Waals surface area (Å²) in [5.74, 6) is -2.76. The number of rotatable bonds is 6. The van der Waals surface area contributed by atoms with Crippen molar-refractivity contribution in [2.75, 3.05) is 0 Å². The molecule has 0 saturated carbocycles. The Balaban J connectivity index is 1.98. The predicted molar refractivity (Wildman–Crippen MR) is 90.2 cm³/mol. The number of hydrogen-bond donors (Lipinski definition) is 3. The van der Waals surface area contributed by atoms with Crippen LogP contribution in [0.4, 0.5) is 8.78 Å². The zero-order chi connectivity index (χ0) is 18.6. The minimum atomic E-state index is -1.56. The largest absolute Gasteiger partial charge is 0.386 e. The van der Waals surface area contributed by atoms with Gasteiger partial charge in [-0.1, -0.05) is 12.1 Å². The second kappa shape index (κ2) is 8.17. The topological polar surface area (TPSA) is 78.4 Å². The first kappa shape index (κ1) is 19.0. The zero-order valence-electron chi connectivity index (χ0n) is 13.6. The molecule has 2 rings (SSSR count). The molecule has 3 N–H and O–H groups in total. The lowest BCUT2D eigenvalue weighted by Crippen LogP contribution is -2.48. The minimum absolute atomic E-state index is 0.397. The van der Waals surface area contributed by atoms with Crippen molar-refractivity contribution in [3.63, 3.8) is 0 Å². The highest BCUT2D eigenvalue weighted by Gasteiger charge is 2.26. The average molecular weight is 368 g/mol. The van der Waals surface area contributed by atoms with Crippen LogP contribution < -0.4 is 10.6 Å². The van der Waals surface area contributed by atoms with Crippen LogP contribution in [0.3, 0.4) is 0 Å². The first-order chi connectivity index (χ1) is 11.8. The summed E-state index contributed by atoms with van der Waals surface area (Å²) in [5, 5.41) is 16.8. The highest BCUT2D eigenvalue weighted by atomic mass is 32.1. The number of amides is 2. The number of carbonyl (C=O) groups excluding carboxylic acids is 2. The Kier molecular flexibility index (Phi) is 6.22. The van der Waals surface area contributed by atoms with E-state index in [1.807, 2.05) is 0 Å². The molecule has 2 aromatic rings. The lowest BCUT2D eigenvalue weighted by atomic mass is 10.0. The van der Waals surface area contributed by atoms with Gasteiger partial charge >= 0.3 is 0 Å². The zero-order valence-corrected chi connectivity index (χ0v) is 14.4. The van der Waals surface area contributed by atoms with Gasteiger partial charge in [-0.25, -0.2) is 8.78 Å². The normalized spacial score (nSPS) is 14.4. The highest BCUT2D eigenvalue weighted by Crippen LogP contribution is 2.23. The Morgan fingerprint density at radius 1 is 1.08 bits per heavy atom. The molecule has 0 unspecified atom stereocenters. The van der Waals surface area contributed by atoms with Crippen molar-refractivity contribution < 1.29 is 23.5 Å². The van der Waals surface area contributed by atoms with Gasteiger partial charge < -0.3 is 15.7 Å². The third-order valence-electron chi connectivity index (χ3n) is 3.62. The van der Waals surface area contributed by atoms with Crippen LogP contribution in [-0.4, -0.2) is 29.0 Å². The quantitative estimate of drug-likeness (QED) is 0.733. The Bertz CT molecular complexity index is 732. The number of aliphatic hydroxyl groups is 1. The standard InChI is InChI=1S/C17H18F2N2O3S/c1-9(15(22)14-11(18)5-3-6-12(14)19)20-16(23)10(2)21-17(24)13-7-4-8-25-13/h3-10,15,22H,1-2H3,(H,20,23)(H,21,24)/t9-,10+,15+/m1/s1. The molecule has 134 valence electrons. The summed E-state index contributed by atoms with van der Waals surface area (Å²) < 4.78 is 27.4. The summed E-state index contributed by atoms with van der Waals surface area (Å²) in [4.78, 5) is 24.5. The molecule has 3 atom stereocenters. The van der Waals surface area contributed by atoms with Crippen molar-refractivity contribution in [2.24, 2.45) is 0 Å². The second-order valence-corrected chi connectivity index (χ2v) is 6.50. The summed E-state index contributed by atoms with van der Waals surface area (Å²) in [5.41, 5.74) is -0.509. The minimum Gasteiger partial charge on any atom is -0.386 e. The maximum absolute atomic E-state index is 13.7. The number of nitrogens with one attached hydrogen (secondary N) is 2. The van der Waals surface area contributed by atoms with Gasteiger partial charge in [-0.3, -0.25) is 9.59 Å². The van der Waals surface area contributed by atoms with Crippen LogP contribution >= 0.6 is 11.3 Å².